The summed E-state index contributed by atoms with van der Waals surface area (Å²) in [5.74, 6) is 0.720. The first-order valence-electron chi connectivity index (χ1n) is 6.94. The van der Waals surface area contributed by atoms with E-state index in [4.69, 9.17) is 22.7 Å². The molecule has 0 aliphatic carbocycles. The molecule has 1 aromatic heterocycles. The minimum absolute atomic E-state index is 0.210. The van der Waals surface area contributed by atoms with E-state index in [0.717, 1.165) is 25.5 Å². The van der Waals surface area contributed by atoms with Crippen LogP contribution in [0.15, 0.2) is 12.4 Å². The van der Waals surface area contributed by atoms with E-state index < -0.39 is 0 Å². The van der Waals surface area contributed by atoms with Crippen LogP contribution in [0.3, 0.4) is 0 Å². The fraction of sp³-hybridized carbons (Fsp3) is 0.615. The second-order valence-corrected chi connectivity index (χ2v) is 5.72. The fourth-order valence-electron chi connectivity index (χ4n) is 2.77. The van der Waals surface area contributed by atoms with E-state index in [9.17, 15) is 0 Å². The molecular formula is C13H19N5OS. The van der Waals surface area contributed by atoms with Crippen LogP contribution in [-0.4, -0.2) is 58.2 Å². The zero-order valence-electron chi connectivity index (χ0n) is 11.3. The molecule has 2 aliphatic heterocycles. The van der Waals surface area contributed by atoms with Crippen molar-refractivity contribution in [1.82, 2.24) is 14.9 Å². The number of nitrogens with two attached hydrogens (primary N) is 1. The summed E-state index contributed by atoms with van der Waals surface area (Å²) in [6, 6.07) is 0.635. The highest BCUT2D eigenvalue weighted by Crippen LogP contribution is 2.22. The number of thiocarbonyl (C=S) groups is 1. The van der Waals surface area contributed by atoms with Gasteiger partial charge in [0.05, 0.1) is 25.1 Å². The molecule has 0 radical (unpaired) electrons. The number of anilines is 1. The van der Waals surface area contributed by atoms with Crippen LogP contribution in [0.25, 0.3) is 0 Å². The molecule has 3 N–H and O–H groups in total. The minimum Gasteiger partial charge on any atom is -0.388 e. The second-order valence-electron chi connectivity index (χ2n) is 5.28. The lowest BCUT2D eigenvalue weighted by Gasteiger charge is -2.35. The van der Waals surface area contributed by atoms with Gasteiger partial charge in [0.1, 0.15) is 16.5 Å². The topological polar surface area (TPSA) is 76.3 Å². The SMILES string of the molecule is NC(=S)c1cnc(NCC2CN3CCCC3CO2)cn1. The zero-order chi connectivity index (χ0) is 13.9. The molecule has 20 heavy (non-hydrogen) atoms. The van der Waals surface area contributed by atoms with Crippen LogP contribution in [0, 0.1) is 0 Å². The molecule has 3 rings (SSSR count). The van der Waals surface area contributed by atoms with E-state index >= 15 is 0 Å². The summed E-state index contributed by atoms with van der Waals surface area (Å²) >= 11 is 4.84. The number of hydrogen-bond donors (Lipinski definition) is 2. The van der Waals surface area contributed by atoms with E-state index in [1.54, 1.807) is 12.4 Å². The Hall–Kier alpha value is -1.31. The fourth-order valence-corrected chi connectivity index (χ4v) is 2.88. The van der Waals surface area contributed by atoms with Crippen molar-refractivity contribution < 1.29 is 4.74 Å². The number of aromatic nitrogens is 2. The van der Waals surface area contributed by atoms with Gasteiger partial charge in [0.25, 0.3) is 0 Å². The summed E-state index contributed by atoms with van der Waals surface area (Å²) < 4.78 is 5.88. The molecule has 0 saturated carbocycles. The van der Waals surface area contributed by atoms with E-state index in [-0.39, 0.29) is 11.1 Å². The first kappa shape index (κ1) is 13.7. The molecule has 6 nitrogen and oxygen atoms in total. The molecule has 108 valence electrons. The molecule has 3 heterocycles. The van der Waals surface area contributed by atoms with Crippen molar-refractivity contribution in [2.24, 2.45) is 5.73 Å². The lowest BCUT2D eigenvalue weighted by molar-refractivity contribution is -0.0416. The first-order valence-corrected chi connectivity index (χ1v) is 7.34. The predicted molar refractivity (Wildman–Crippen MR) is 80.7 cm³/mol. The van der Waals surface area contributed by atoms with E-state index in [1.165, 1.54) is 19.4 Å². The third-order valence-corrected chi connectivity index (χ3v) is 4.09. The van der Waals surface area contributed by atoms with Gasteiger partial charge in [-0.15, -0.1) is 0 Å². The Kier molecular flexibility index (Phi) is 4.09. The van der Waals surface area contributed by atoms with Crippen LogP contribution in [0.4, 0.5) is 5.82 Å². The summed E-state index contributed by atoms with van der Waals surface area (Å²) in [5, 5.41) is 3.25. The Morgan fingerprint density at radius 1 is 1.50 bits per heavy atom. The minimum atomic E-state index is 0.210. The molecule has 0 amide bonds. The van der Waals surface area contributed by atoms with Gasteiger partial charge in [-0.05, 0) is 19.4 Å². The molecule has 2 aliphatic rings. The van der Waals surface area contributed by atoms with Crippen LogP contribution in [-0.2, 0) is 4.74 Å². The van der Waals surface area contributed by atoms with Crippen molar-refractivity contribution in [3.63, 3.8) is 0 Å². The number of hydrogen-bond acceptors (Lipinski definition) is 6. The summed E-state index contributed by atoms with van der Waals surface area (Å²) in [4.78, 5) is 11.2. The van der Waals surface area contributed by atoms with Crippen LogP contribution in [0.5, 0.6) is 0 Å². The Labute approximate surface area is 123 Å². The largest absolute Gasteiger partial charge is 0.388 e. The number of nitrogens with zero attached hydrogens (tertiary/aromatic N) is 3. The number of fused-ring (bicyclic) bond motifs is 1. The van der Waals surface area contributed by atoms with Crippen molar-refractivity contribution in [2.45, 2.75) is 25.0 Å². The van der Waals surface area contributed by atoms with Gasteiger partial charge < -0.3 is 15.8 Å². The smallest absolute Gasteiger partial charge is 0.144 e. The zero-order valence-corrected chi connectivity index (χ0v) is 12.1. The highest BCUT2D eigenvalue weighted by atomic mass is 32.1. The maximum absolute atomic E-state index is 5.88. The van der Waals surface area contributed by atoms with Gasteiger partial charge in [-0.2, -0.15) is 0 Å². The second kappa shape index (κ2) is 5.99. The first-order chi connectivity index (χ1) is 9.72. The molecule has 2 atom stereocenters. The molecule has 0 aromatic carbocycles. The van der Waals surface area contributed by atoms with E-state index in [0.29, 0.717) is 11.7 Å². The van der Waals surface area contributed by atoms with Gasteiger partial charge in [0.15, 0.2) is 0 Å². The van der Waals surface area contributed by atoms with Crippen LogP contribution in [0.1, 0.15) is 18.5 Å². The standard InChI is InChI=1S/C13H19N5OS/c14-13(20)11-5-17-12(6-15-11)16-4-10-7-18-3-1-2-9(18)8-19-10/h5-6,9-10H,1-4,7-8H2,(H2,14,20)(H,16,17). The molecule has 7 heteroatoms. The lowest BCUT2D eigenvalue weighted by Crippen LogP contribution is -2.48. The summed E-state index contributed by atoms with van der Waals surface area (Å²) in [6.07, 6.45) is 6.01. The van der Waals surface area contributed by atoms with Gasteiger partial charge in [-0.1, -0.05) is 12.2 Å². The Bertz CT molecular complexity index is 480. The van der Waals surface area contributed by atoms with Crippen molar-refractivity contribution in [3.8, 4) is 0 Å². The molecular weight excluding hydrogens is 274 g/mol. The van der Waals surface area contributed by atoms with Crippen molar-refractivity contribution in [2.75, 3.05) is 31.6 Å². The Balaban J connectivity index is 1.50. The predicted octanol–water partition coefficient (Wildman–Crippen LogP) is 0.386. The molecule has 0 spiro atoms. The van der Waals surface area contributed by atoms with Gasteiger partial charge >= 0.3 is 0 Å². The van der Waals surface area contributed by atoms with Crippen molar-refractivity contribution >= 4 is 23.0 Å². The highest BCUT2D eigenvalue weighted by molar-refractivity contribution is 7.80. The molecule has 2 unspecified atom stereocenters. The number of rotatable bonds is 4. The maximum atomic E-state index is 5.88. The van der Waals surface area contributed by atoms with E-state index in [1.807, 2.05) is 0 Å². The number of ether oxygens (including phenoxy) is 1. The quantitative estimate of drug-likeness (QED) is 0.777. The maximum Gasteiger partial charge on any atom is 0.144 e. The third kappa shape index (κ3) is 3.05. The molecule has 0 bridgehead atoms. The van der Waals surface area contributed by atoms with Gasteiger partial charge in [-0.3, -0.25) is 4.90 Å². The Morgan fingerprint density at radius 2 is 2.40 bits per heavy atom. The summed E-state index contributed by atoms with van der Waals surface area (Å²) in [5.41, 5.74) is 6.03. The van der Waals surface area contributed by atoms with E-state index in [2.05, 4.69) is 20.2 Å². The van der Waals surface area contributed by atoms with Crippen LogP contribution >= 0.6 is 12.2 Å². The summed E-state index contributed by atoms with van der Waals surface area (Å²) in [7, 11) is 0. The Morgan fingerprint density at radius 3 is 3.15 bits per heavy atom. The van der Waals surface area contributed by atoms with Gasteiger partial charge in [0.2, 0.25) is 0 Å². The molecule has 2 fully saturated rings. The van der Waals surface area contributed by atoms with Crippen molar-refractivity contribution in [3.05, 3.63) is 18.1 Å². The van der Waals surface area contributed by atoms with Crippen molar-refractivity contribution in [1.29, 1.82) is 0 Å². The van der Waals surface area contributed by atoms with Crippen LogP contribution < -0.4 is 11.1 Å². The molecule has 2 saturated heterocycles. The monoisotopic (exact) mass is 293 g/mol. The average Bonchev–Trinajstić information content (AvgIpc) is 2.93. The summed E-state index contributed by atoms with van der Waals surface area (Å²) in [6.45, 7) is 3.78. The lowest BCUT2D eigenvalue weighted by atomic mass is 10.2. The van der Waals surface area contributed by atoms with Gasteiger partial charge in [0, 0.05) is 19.1 Å². The normalized spacial score (nSPS) is 26.2. The average molecular weight is 293 g/mol. The highest BCUT2D eigenvalue weighted by Gasteiger charge is 2.31. The third-order valence-electron chi connectivity index (χ3n) is 3.88. The molecule has 1 aromatic rings. The van der Waals surface area contributed by atoms with Gasteiger partial charge in [-0.25, -0.2) is 9.97 Å². The number of nitrogens with one attached hydrogen (secondary N) is 1. The number of morpholine rings is 1. The van der Waals surface area contributed by atoms with Crippen LogP contribution in [0.2, 0.25) is 0 Å².